The zero-order valence-electron chi connectivity index (χ0n) is 11.8. The largest absolute Gasteiger partial charge is 0.483 e. The van der Waals surface area contributed by atoms with Crippen molar-refractivity contribution in [3.63, 3.8) is 0 Å². The molecule has 0 unspecified atom stereocenters. The highest BCUT2D eigenvalue weighted by Gasteiger charge is 2.06. The van der Waals surface area contributed by atoms with Crippen LogP contribution in [0.25, 0.3) is 0 Å². The third kappa shape index (κ3) is 4.96. The molecule has 2 aromatic carbocycles. The summed E-state index contributed by atoms with van der Waals surface area (Å²) >= 11 is 6.73. The summed E-state index contributed by atoms with van der Waals surface area (Å²) in [6, 6.07) is 15.1. The average Bonchev–Trinajstić information content (AvgIpc) is 2.52. The molecule has 4 nitrogen and oxygen atoms in total. The van der Waals surface area contributed by atoms with Crippen LogP contribution in [0.2, 0.25) is 0 Å². The van der Waals surface area contributed by atoms with Gasteiger partial charge in [-0.1, -0.05) is 46.3 Å². The topological polar surface area (TPSA) is 50.7 Å². The number of nitrogens with one attached hydrogen (secondary N) is 1. The van der Waals surface area contributed by atoms with Crippen molar-refractivity contribution in [1.82, 2.24) is 5.43 Å². The Bertz CT molecular complexity index is 688. The number of benzene rings is 2. The van der Waals surface area contributed by atoms with Crippen molar-refractivity contribution in [3.05, 3.63) is 63.0 Å². The van der Waals surface area contributed by atoms with Crippen molar-refractivity contribution in [2.75, 3.05) is 6.61 Å². The fourth-order valence-electron chi connectivity index (χ4n) is 1.66. The summed E-state index contributed by atoms with van der Waals surface area (Å²) in [7, 11) is 0. The van der Waals surface area contributed by atoms with Crippen molar-refractivity contribution in [2.45, 2.75) is 6.92 Å². The second-order valence-electron chi connectivity index (χ2n) is 4.46. The van der Waals surface area contributed by atoms with Gasteiger partial charge in [0.2, 0.25) is 0 Å². The van der Waals surface area contributed by atoms with E-state index in [9.17, 15) is 4.79 Å². The van der Waals surface area contributed by atoms with E-state index in [0.29, 0.717) is 5.75 Å². The van der Waals surface area contributed by atoms with Crippen molar-refractivity contribution >= 4 is 43.5 Å². The maximum absolute atomic E-state index is 11.8. The van der Waals surface area contributed by atoms with E-state index in [1.165, 1.54) is 0 Å². The van der Waals surface area contributed by atoms with Crippen molar-refractivity contribution in [2.24, 2.45) is 5.10 Å². The molecule has 0 atom stereocenters. The number of carbonyl (C=O) groups excluding carboxylic acids is 1. The minimum atomic E-state index is -0.315. The predicted molar refractivity (Wildman–Crippen MR) is 94.1 cm³/mol. The lowest BCUT2D eigenvalue weighted by Gasteiger charge is -2.08. The fraction of sp³-hybridized carbons (Fsp3) is 0.125. The molecule has 22 heavy (non-hydrogen) atoms. The van der Waals surface area contributed by atoms with Crippen molar-refractivity contribution in [1.29, 1.82) is 0 Å². The normalized spacial score (nSPS) is 11.1. The van der Waals surface area contributed by atoms with Gasteiger partial charge in [-0.05, 0) is 46.6 Å². The van der Waals surface area contributed by atoms with E-state index in [1.54, 1.807) is 6.07 Å². The van der Waals surface area contributed by atoms with Crippen LogP contribution in [0.15, 0.2) is 62.6 Å². The minimum Gasteiger partial charge on any atom is -0.483 e. The molecule has 1 amide bonds. The molecule has 0 aliphatic carbocycles. The van der Waals surface area contributed by atoms with Gasteiger partial charge in [0.1, 0.15) is 5.75 Å². The SMILES string of the molecule is C/C(=N\NC(=O)COc1ccc(Br)cc1Br)c1ccccc1. The van der Waals surface area contributed by atoms with E-state index in [-0.39, 0.29) is 12.5 Å². The lowest BCUT2D eigenvalue weighted by molar-refractivity contribution is -0.123. The van der Waals surface area contributed by atoms with Crippen LogP contribution in [0.1, 0.15) is 12.5 Å². The van der Waals surface area contributed by atoms with Crippen LogP contribution in [-0.2, 0) is 4.79 Å². The molecule has 0 fully saturated rings. The third-order valence-electron chi connectivity index (χ3n) is 2.79. The fourth-order valence-corrected chi connectivity index (χ4v) is 2.82. The summed E-state index contributed by atoms with van der Waals surface area (Å²) in [5.74, 6) is 0.284. The first kappa shape index (κ1) is 16.7. The molecule has 2 aromatic rings. The van der Waals surface area contributed by atoms with Crippen LogP contribution < -0.4 is 10.2 Å². The first-order chi connectivity index (χ1) is 10.6. The van der Waals surface area contributed by atoms with Crippen LogP contribution >= 0.6 is 31.9 Å². The third-order valence-corrected chi connectivity index (χ3v) is 3.91. The molecule has 0 saturated carbocycles. The Morgan fingerprint density at radius 1 is 1.18 bits per heavy atom. The van der Waals surface area contributed by atoms with E-state index < -0.39 is 0 Å². The predicted octanol–water partition coefficient (Wildman–Crippen LogP) is 4.13. The molecule has 0 aliphatic rings. The van der Waals surface area contributed by atoms with Crippen LogP contribution in [-0.4, -0.2) is 18.2 Å². The molecule has 1 N–H and O–H groups in total. The van der Waals surface area contributed by atoms with Crippen LogP contribution in [0.3, 0.4) is 0 Å². The van der Waals surface area contributed by atoms with Gasteiger partial charge in [0.05, 0.1) is 10.2 Å². The lowest BCUT2D eigenvalue weighted by Crippen LogP contribution is -2.25. The molecule has 0 saturated heterocycles. The van der Waals surface area contributed by atoms with E-state index in [2.05, 4.69) is 42.4 Å². The van der Waals surface area contributed by atoms with Crippen LogP contribution in [0.5, 0.6) is 5.75 Å². The van der Waals surface area contributed by atoms with E-state index >= 15 is 0 Å². The molecule has 6 heteroatoms. The summed E-state index contributed by atoms with van der Waals surface area (Å²) in [5, 5.41) is 4.06. The first-order valence-electron chi connectivity index (χ1n) is 6.52. The van der Waals surface area contributed by atoms with Gasteiger partial charge in [-0.25, -0.2) is 5.43 Å². The Balaban J connectivity index is 1.88. The number of halogens is 2. The Morgan fingerprint density at radius 2 is 1.91 bits per heavy atom. The number of ether oxygens (including phenoxy) is 1. The van der Waals surface area contributed by atoms with Gasteiger partial charge in [-0.3, -0.25) is 4.79 Å². The highest BCUT2D eigenvalue weighted by Crippen LogP contribution is 2.27. The molecular formula is C16H14Br2N2O2. The van der Waals surface area contributed by atoms with Gasteiger partial charge in [0.25, 0.3) is 5.91 Å². The van der Waals surface area contributed by atoms with Crippen LogP contribution in [0, 0.1) is 0 Å². The van der Waals surface area contributed by atoms with Gasteiger partial charge >= 0.3 is 0 Å². The maximum atomic E-state index is 11.8. The van der Waals surface area contributed by atoms with E-state index in [4.69, 9.17) is 4.74 Å². The van der Waals surface area contributed by atoms with E-state index in [1.807, 2.05) is 49.4 Å². The number of carbonyl (C=O) groups is 1. The minimum absolute atomic E-state index is 0.105. The van der Waals surface area contributed by atoms with Crippen molar-refractivity contribution in [3.8, 4) is 5.75 Å². The molecular weight excluding hydrogens is 412 g/mol. The zero-order chi connectivity index (χ0) is 15.9. The van der Waals surface area contributed by atoms with Gasteiger partial charge in [0, 0.05) is 4.47 Å². The number of hydrazone groups is 1. The molecule has 0 spiro atoms. The first-order valence-corrected chi connectivity index (χ1v) is 8.11. The van der Waals surface area contributed by atoms with Crippen molar-refractivity contribution < 1.29 is 9.53 Å². The Hall–Kier alpha value is -1.66. The molecule has 2 rings (SSSR count). The summed E-state index contributed by atoms with van der Waals surface area (Å²) < 4.78 is 7.15. The Morgan fingerprint density at radius 3 is 2.59 bits per heavy atom. The van der Waals surface area contributed by atoms with Crippen LogP contribution in [0.4, 0.5) is 0 Å². The quantitative estimate of drug-likeness (QED) is 0.578. The molecule has 0 radical (unpaired) electrons. The standard InChI is InChI=1S/C16H14Br2N2O2/c1-11(12-5-3-2-4-6-12)19-20-16(21)10-22-15-8-7-13(17)9-14(15)18/h2-9H,10H2,1H3,(H,20,21)/b19-11+. The number of nitrogens with zero attached hydrogens (tertiary/aromatic N) is 1. The van der Waals surface area contributed by atoms with Gasteiger partial charge in [-0.15, -0.1) is 0 Å². The molecule has 0 heterocycles. The Kier molecular flexibility index (Phi) is 6.15. The molecule has 114 valence electrons. The maximum Gasteiger partial charge on any atom is 0.277 e. The summed E-state index contributed by atoms with van der Waals surface area (Å²) in [6.07, 6.45) is 0. The number of rotatable bonds is 5. The molecule has 0 aromatic heterocycles. The molecule has 0 aliphatic heterocycles. The number of hydrogen-bond donors (Lipinski definition) is 1. The monoisotopic (exact) mass is 424 g/mol. The van der Waals surface area contributed by atoms with E-state index in [0.717, 1.165) is 20.2 Å². The molecule has 0 bridgehead atoms. The zero-order valence-corrected chi connectivity index (χ0v) is 15.0. The summed E-state index contributed by atoms with van der Waals surface area (Å²) in [4.78, 5) is 11.8. The van der Waals surface area contributed by atoms with Gasteiger partial charge < -0.3 is 4.74 Å². The van der Waals surface area contributed by atoms with Gasteiger partial charge in [-0.2, -0.15) is 5.10 Å². The highest BCUT2D eigenvalue weighted by molar-refractivity contribution is 9.11. The summed E-state index contributed by atoms with van der Waals surface area (Å²) in [6.45, 7) is 1.73. The van der Waals surface area contributed by atoms with Gasteiger partial charge in [0.15, 0.2) is 6.61 Å². The average molecular weight is 426 g/mol. The number of amides is 1. The summed E-state index contributed by atoms with van der Waals surface area (Å²) in [5.41, 5.74) is 4.17. The second-order valence-corrected chi connectivity index (χ2v) is 6.23. The lowest BCUT2D eigenvalue weighted by atomic mass is 10.1. The Labute approximate surface area is 145 Å². The highest BCUT2D eigenvalue weighted by atomic mass is 79.9. The smallest absolute Gasteiger partial charge is 0.277 e. The number of hydrogen-bond acceptors (Lipinski definition) is 3. The second kappa shape index (κ2) is 8.10.